The van der Waals surface area contributed by atoms with E-state index in [-0.39, 0.29) is 11.7 Å². The molecule has 0 unspecified atom stereocenters. The maximum absolute atomic E-state index is 12.8. The summed E-state index contributed by atoms with van der Waals surface area (Å²) >= 11 is 0. The van der Waals surface area contributed by atoms with Crippen molar-refractivity contribution in [3.63, 3.8) is 0 Å². The Morgan fingerprint density at radius 3 is 2.55 bits per heavy atom. The lowest BCUT2D eigenvalue weighted by Gasteiger charge is -2.18. The summed E-state index contributed by atoms with van der Waals surface area (Å²) in [5.74, 6) is -0.198. The molecular weight excluding hydrogens is 281 g/mol. The van der Waals surface area contributed by atoms with Gasteiger partial charge in [0, 0.05) is 19.2 Å². The van der Waals surface area contributed by atoms with Crippen LogP contribution in [0.25, 0.3) is 0 Å². The first-order valence-electron chi connectivity index (χ1n) is 7.34. The zero-order valence-electron chi connectivity index (χ0n) is 12.8. The van der Waals surface area contributed by atoms with Crippen LogP contribution in [0.1, 0.15) is 30.1 Å². The van der Waals surface area contributed by atoms with E-state index >= 15 is 0 Å². The molecule has 0 fully saturated rings. The number of hydrogen-bond acceptors (Lipinski definition) is 3. The number of halogens is 1. The topological polar surface area (TPSA) is 45.2 Å². The number of unbranched alkanes of at least 4 members (excludes halogenated alkanes) is 1. The maximum atomic E-state index is 12.8. The van der Waals surface area contributed by atoms with Gasteiger partial charge in [0.25, 0.3) is 5.91 Å². The van der Waals surface area contributed by atoms with E-state index < -0.39 is 0 Å². The van der Waals surface area contributed by atoms with Crippen molar-refractivity contribution < 1.29 is 9.18 Å². The zero-order chi connectivity index (χ0) is 15.9. The lowest BCUT2D eigenvalue weighted by molar-refractivity contribution is 0.102. The highest BCUT2D eigenvalue weighted by molar-refractivity contribution is 6.03. The van der Waals surface area contributed by atoms with Crippen molar-refractivity contribution in [1.82, 2.24) is 4.98 Å². The van der Waals surface area contributed by atoms with Crippen LogP contribution in [0.3, 0.4) is 0 Å². The molecule has 0 aliphatic heterocycles. The molecule has 0 bridgehead atoms. The number of aromatic nitrogens is 1. The molecule has 0 saturated heterocycles. The molecule has 1 aromatic carbocycles. The van der Waals surface area contributed by atoms with E-state index in [2.05, 4.69) is 22.1 Å². The van der Waals surface area contributed by atoms with E-state index in [1.165, 1.54) is 24.3 Å². The molecule has 1 N–H and O–H groups in total. The van der Waals surface area contributed by atoms with Gasteiger partial charge in [-0.15, -0.1) is 0 Å². The molecule has 2 aromatic rings. The highest BCUT2D eigenvalue weighted by Crippen LogP contribution is 2.15. The quantitative estimate of drug-likeness (QED) is 0.884. The van der Waals surface area contributed by atoms with Crippen molar-refractivity contribution in [2.45, 2.75) is 19.8 Å². The summed E-state index contributed by atoms with van der Waals surface area (Å²) in [6.45, 7) is 3.12. The molecule has 0 aliphatic rings. The van der Waals surface area contributed by atoms with Gasteiger partial charge in [-0.05, 0) is 42.8 Å². The lowest BCUT2D eigenvalue weighted by atomic mass is 10.2. The average molecular weight is 301 g/mol. The van der Waals surface area contributed by atoms with Gasteiger partial charge in [0.2, 0.25) is 0 Å². The predicted molar refractivity (Wildman–Crippen MR) is 86.8 cm³/mol. The molecule has 0 radical (unpaired) electrons. The van der Waals surface area contributed by atoms with Gasteiger partial charge in [-0.2, -0.15) is 0 Å². The van der Waals surface area contributed by atoms with Crippen LogP contribution < -0.4 is 10.2 Å². The van der Waals surface area contributed by atoms with E-state index in [0.29, 0.717) is 11.4 Å². The van der Waals surface area contributed by atoms with Crippen LogP contribution >= 0.6 is 0 Å². The van der Waals surface area contributed by atoms with Gasteiger partial charge in [0.05, 0.1) is 11.9 Å². The van der Waals surface area contributed by atoms with Crippen LogP contribution in [-0.4, -0.2) is 24.5 Å². The first-order valence-corrected chi connectivity index (χ1v) is 7.34. The summed E-state index contributed by atoms with van der Waals surface area (Å²) < 4.78 is 12.8. The van der Waals surface area contributed by atoms with Crippen LogP contribution in [0.2, 0.25) is 0 Å². The number of nitrogens with zero attached hydrogens (tertiary/aromatic N) is 2. The number of amides is 1. The Morgan fingerprint density at radius 1 is 1.23 bits per heavy atom. The number of pyridine rings is 1. The van der Waals surface area contributed by atoms with Crippen LogP contribution in [0, 0.1) is 5.82 Å². The van der Waals surface area contributed by atoms with Gasteiger partial charge in [-0.25, -0.2) is 9.37 Å². The molecule has 0 saturated carbocycles. The van der Waals surface area contributed by atoms with Crippen molar-refractivity contribution in [3.8, 4) is 0 Å². The summed E-state index contributed by atoms with van der Waals surface area (Å²) in [5, 5.41) is 2.70. The molecule has 1 heterocycles. The molecule has 22 heavy (non-hydrogen) atoms. The first kappa shape index (κ1) is 15.9. The third kappa shape index (κ3) is 4.28. The van der Waals surface area contributed by atoms with Gasteiger partial charge in [0.1, 0.15) is 11.6 Å². The van der Waals surface area contributed by atoms with Crippen molar-refractivity contribution in [2.75, 3.05) is 23.8 Å². The number of benzene rings is 1. The third-order valence-corrected chi connectivity index (χ3v) is 3.38. The molecule has 0 aliphatic carbocycles. The minimum Gasteiger partial charge on any atom is -0.373 e. The van der Waals surface area contributed by atoms with Gasteiger partial charge in [-0.1, -0.05) is 13.3 Å². The van der Waals surface area contributed by atoms with Crippen molar-refractivity contribution in [3.05, 3.63) is 54.0 Å². The smallest absolute Gasteiger partial charge is 0.256 e. The standard InChI is InChI=1S/C17H20FN3O/c1-3-4-11-21(2)15-9-10-16(19-12-15)20-17(22)13-5-7-14(18)8-6-13/h5-10,12H,3-4,11H2,1-2H3,(H,19,20,22). The minimum atomic E-state index is -0.367. The van der Waals surface area contributed by atoms with Gasteiger partial charge in [-0.3, -0.25) is 4.79 Å². The molecule has 1 aromatic heterocycles. The molecule has 1 amide bonds. The Kier molecular flexibility index (Phi) is 5.47. The fourth-order valence-corrected chi connectivity index (χ4v) is 2.00. The second-order valence-corrected chi connectivity index (χ2v) is 5.14. The molecule has 5 heteroatoms. The Labute approximate surface area is 130 Å². The second-order valence-electron chi connectivity index (χ2n) is 5.14. The number of anilines is 2. The number of rotatable bonds is 6. The first-order chi connectivity index (χ1) is 10.6. The van der Waals surface area contributed by atoms with Crippen LogP contribution in [0.15, 0.2) is 42.6 Å². The fourth-order valence-electron chi connectivity index (χ4n) is 2.00. The monoisotopic (exact) mass is 301 g/mol. The normalized spacial score (nSPS) is 10.3. The molecular formula is C17H20FN3O. The van der Waals surface area contributed by atoms with E-state index in [1.54, 1.807) is 12.3 Å². The molecule has 116 valence electrons. The lowest BCUT2D eigenvalue weighted by Crippen LogP contribution is -2.19. The Hall–Kier alpha value is -2.43. The zero-order valence-corrected chi connectivity index (χ0v) is 12.8. The number of carbonyl (C=O) groups is 1. The number of nitrogens with one attached hydrogen (secondary N) is 1. The maximum Gasteiger partial charge on any atom is 0.256 e. The summed E-state index contributed by atoms with van der Waals surface area (Å²) in [7, 11) is 2.02. The highest BCUT2D eigenvalue weighted by atomic mass is 19.1. The fraction of sp³-hybridized carbons (Fsp3) is 0.294. The number of hydrogen-bond donors (Lipinski definition) is 1. The Balaban J connectivity index is 1.98. The second kappa shape index (κ2) is 7.54. The van der Waals surface area contributed by atoms with Crippen molar-refractivity contribution in [2.24, 2.45) is 0 Å². The summed E-state index contributed by atoms with van der Waals surface area (Å²) in [4.78, 5) is 18.4. The van der Waals surface area contributed by atoms with Crippen LogP contribution in [-0.2, 0) is 0 Å². The van der Waals surface area contributed by atoms with Crippen LogP contribution in [0.5, 0.6) is 0 Å². The van der Waals surface area contributed by atoms with E-state index in [4.69, 9.17) is 0 Å². The summed E-state index contributed by atoms with van der Waals surface area (Å²) in [5.41, 5.74) is 1.40. The predicted octanol–water partition coefficient (Wildman–Crippen LogP) is 3.71. The Morgan fingerprint density at radius 2 is 1.95 bits per heavy atom. The summed E-state index contributed by atoms with van der Waals surface area (Å²) in [6, 6.07) is 9.08. The van der Waals surface area contributed by atoms with Gasteiger partial charge in [0.15, 0.2) is 0 Å². The third-order valence-electron chi connectivity index (χ3n) is 3.38. The molecule has 0 spiro atoms. The largest absolute Gasteiger partial charge is 0.373 e. The summed E-state index contributed by atoms with van der Waals surface area (Å²) in [6.07, 6.45) is 4.00. The van der Waals surface area contributed by atoms with Gasteiger partial charge < -0.3 is 10.2 Å². The van der Waals surface area contributed by atoms with Crippen molar-refractivity contribution >= 4 is 17.4 Å². The van der Waals surface area contributed by atoms with Crippen LogP contribution in [0.4, 0.5) is 15.9 Å². The minimum absolute atomic E-state index is 0.306. The molecule has 2 rings (SSSR count). The molecule has 4 nitrogen and oxygen atoms in total. The molecule has 0 atom stereocenters. The van der Waals surface area contributed by atoms with E-state index in [1.807, 2.05) is 13.1 Å². The highest BCUT2D eigenvalue weighted by Gasteiger charge is 2.07. The van der Waals surface area contributed by atoms with E-state index in [0.717, 1.165) is 25.1 Å². The van der Waals surface area contributed by atoms with Crippen molar-refractivity contribution in [1.29, 1.82) is 0 Å². The Bertz CT molecular complexity index is 611. The SMILES string of the molecule is CCCCN(C)c1ccc(NC(=O)c2ccc(F)cc2)nc1. The van der Waals surface area contributed by atoms with E-state index in [9.17, 15) is 9.18 Å². The number of carbonyl (C=O) groups excluding carboxylic acids is 1. The average Bonchev–Trinajstić information content (AvgIpc) is 2.54. The van der Waals surface area contributed by atoms with Gasteiger partial charge >= 0.3 is 0 Å².